The number of aromatic nitrogens is 1. The van der Waals surface area contributed by atoms with E-state index in [1.807, 2.05) is 39.1 Å². The maximum Gasteiger partial charge on any atom is 0.223 e. The van der Waals surface area contributed by atoms with Gasteiger partial charge in [-0.3, -0.25) is 9.78 Å². The Morgan fingerprint density at radius 2 is 2.30 bits per heavy atom. The smallest absolute Gasteiger partial charge is 0.223 e. The van der Waals surface area contributed by atoms with Crippen molar-refractivity contribution in [2.75, 3.05) is 13.2 Å². The molecule has 0 bridgehead atoms. The van der Waals surface area contributed by atoms with Crippen molar-refractivity contribution in [3.63, 3.8) is 0 Å². The molecule has 23 heavy (non-hydrogen) atoms. The molecule has 0 aromatic carbocycles. The highest BCUT2D eigenvalue weighted by molar-refractivity contribution is 5.83. The molecule has 5 nitrogen and oxygen atoms in total. The van der Waals surface area contributed by atoms with Crippen LogP contribution in [0.15, 0.2) is 24.5 Å². The van der Waals surface area contributed by atoms with E-state index in [1.165, 1.54) is 0 Å². The van der Waals surface area contributed by atoms with Crippen molar-refractivity contribution in [1.29, 1.82) is 0 Å². The van der Waals surface area contributed by atoms with Gasteiger partial charge in [0.25, 0.3) is 0 Å². The van der Waals surface area contributed by atoms with Gasteiger partial charge in [0.2, 0.25) is 5.91 Å². The van der Waals surface area contributed by atoms with Gasteiger partial charge in [-0.1, -0.05) is 19.9 Å². The fraction of sp³-hybridized carbons (Fsp3) is 0.667. The number of hydrogen-bond acceptors (Lipinski definition) is 4. The van der Waals surface area contributed by atoms with Crippen LogP contribution in [0.1, 0.15) is 45.1 Å². The number of pyridine rings is 1. The first-order valence-electron chi connectivity index (χ1n) is 8.40. The highest BCUT2D eigenvalue weighted by Crippen LogP contribution is 2.51. The highest BCUT2D eigenvalue weighted by Gasteiger charge is 2.60. The summed E-state index contributed by atoms with van der Waals surface area (Å²) in [5.74, 6) is 0.306. The van der Waals surface area contributed by atoms with Gasteiger partial charge in [-0.2, -0.15) is 0 Å². The lowest BCUT2D eigenvalue weighted by molar-refractivity contribution is -0.238. The van der Waals surface area contributed by atoms with Crippen LogP contribution in [0.4, 0.5) is 0 Å². The average molecular weight is 318 g/mol. The Kier molecular flexibility index (Phi) is 4.19. The number of aliphatic hydroxyl groups is 1. The zero-order chi connectivity index (χ0) is 16.7. The van der Waals surface area contributed by atoms with E-state index in [2.05, 4.69) is 10.3 Å². The predicted molar refractivity (Wildman–Crippen MR) is 86.9 cm³/mol. The van der Waals surface area contributed by atoms with Gasteiger partial charge in [0, 0.05) is 43.3 Å². The van der Waals surface area contributed by atoms with Gasteiger partial charge in [-0.15, -0.1) is 0 Å². The van der Waals surface area contributed by atoms with Crippen molar-refractivity contribution >= 4 is 5.91 Å². The van der Waals surface area contributed by atoms with Gasteiger partial charge in [0.15, 0.2) is 0 Å². The molecule has 2 saturated carbocycles. The molecule has 2 aliphatic carbocycles. The van der Waals surface area contributed by atoms with Gasteiger partial charge in [-0.25, -0.2) is 0 Å². The minimum Gasteiger partial charge on any atom is -0.387 e. The molecule has 0 saturated heterocycles. The number of carbonyl (C=O) groups is 1. The fourth-order valence-corrected chi connectivity index (χ4v) is 3.57. The largest absolute Gasteiger partial charge is 0.387 e. The van der Waals surface area contributed by atoms with Crippen LogP contribution in [0.25, 0.3) is 0 Å². The predicted octanol–water partition coefficient (Wildman–Crippen LogP) is 1.87. The van der Waals surface area contributed by atoms with Crippen molar-refractivity contribution in [2.24, 2.45) is 11.3 Å². The Morgan fingerprint density at radius 1 is 1.52 bits per heavy atom. The Hall–Kier alpha value is -1.46. The van der Waals surface area contributed by atoms with Crippen LogP contribution in [0.5, 0.6) is 0 Å². The first-order chi connectivity index (χ1) is 10.9. The minimum absolute atomic E-state index is 0.00803. The number of nitrogens with zero attached hydrogens (tertiary/aromatic N) is 1. The number of carbonyl (C=O) groups excluding carboxylic acids is 1. The Bertz CT molecular complexity index is 575. The minimum atomic E-state index is -0.888. The van der Waals surface area contributed by atoms with E-state index >= 15 is 0 Å². The van der Waals surface area contributed by atoms with Crippen molar-refractivity contribution < 1.29 is 14.6 Å². The molecule has 2 fully saturated rings. The molecule has 2 N–H and O–H groups in total. The molecule has 5 heteroatoms. The zero-order valence-electron chi connectivity index (χ0n) is 14.1. The SMILES string of the molecule is CCO[C@@H]1C[C@](O)(CNC(=O)[C@H]2C[C@H]2c2cccnc2)C1(C)C. The molecule has 4 atom stereocenters. The van der Waals surface area contributed by atoms with Crippen LogP contribution in [-0.4, -0.2) is 40.9 Å². The monoisotopic (exact) mass is 318 g/mol. The molecule has 3 rings (SSSR count). The van der Waals surface area contributed by atoms with Gasteiger partial charge >= 0.3 is 0 Å². The molecule has 1 amide bonds. The summed E-state index contributed by atoms with van der Waals surface area (Å²) >= 11 is 0. The van der Waals surface area contributed by atoms with E-state index in [0.717, 1.165) is 12.0 Å². The van der Waals surface area contributed by atoms with Crippen LogP contribution in [0.3, 0.4) is 0 Å². The Balaban J connectivity index is 1.51. The van der Waals surface area contributed by atoms with E-state index in [1.54, 1.807) is 6.20 Å². The molecule has 1 heterocycles. The quantitative estimate of drug-likeness (QED) is 0.840. The molecule has 2 aliphatic rings. The zero-order valence-corrected chi connectivity index (χ0v) is 14.1. The van der Waals surface area contributed by atoms with Crippen LogP contribution in [-0.2, 0) is 9.53 Å². The third-order valence-electron chi connectivity index (χ3n) is 5.69. The molecular formula is C18H26N2O3. The summed E-state index contributed by atoms with van der Waals surface area (Å²) in [5.41, 5.74) is -0.115. The Labute approximate surface area is 137 Å². The summed E-state index contributed by atoms with van der Waals surface area (Å²) in [6.07, 6.45) is 5.06. The van der Waals surface area contributed by atoms with Crippen LogP contribution >= 0.6 is 0 Å². The van der Waals surface area contributed by atoms with Gasteiger partial charge < -0.3 is 15.2 Å². The van der Waals surface area contributed by atoms with E-state index in [4.69, 9.17) is 4.74 Å². The van der Waals surface area contributed by atoms with Crippen molar-refractivity contribution in [1.82, 2.24) is 10.3 Å². The van der Waals surface area contributed by atoms with Gasteiger partial charge in [0.05, 0.1) is 11.7 Å². The Morgan fingerprint density at radius 3 is 2.91 bits per heavy atom. The van der Waals surface area contributed by atoms with E-state index in [-0.39, 0.29) is 29.3 Å². The second-order valence-electron chi connectivity index (χ2n) is 7.35. The molecular weight excluding hydrogens is 292 g/mol. The lowest BCUT2D eigenvalue weighted by Crippen LogP contribution is -2.68. The highest BCUT2D eigenvalue weighted by atomic mass is 16.5. The summed E-state index contributed by atoms with van der Waals surface area (Å²) < 4.78 is 5.65. The second kappa shape index (κ2) is 5.87. The van der Waals surface area contributed by atoms with Gasteiger partial charge in [-0.05, 0) is 30.9 Å². The van der Waals surface area contributed by atoms with Crippen molar-refractivity contribution in [3.05, 3.63) is 30.1 Å². The van der Waals surface area contributed by atoms with Crippen LogP contribution in [0.2, 0.25) is 0 Å². The molecule has 0 spiro atoms. The number of ether oxygens (including phenoxy) is 1. The number of rotatable bonds is 6. The van der Waals surface area contributed by atoms with Crippen LogP contribution < -0.4 is 5.32 Å². The molecule has 126 valence electrons. The number of nitrogens with one attached hydrogen (secondary N) is 1. The van der Waals surface area contributed by atoms with Gasteiger partial charge in [0.1, 0.15) is 0 Å². The maximum absolute atomic E-state index is 12.3. The van der Waals surface area contributed by atoms with Crippen LogP contribution in [0, 0.1) is 11.3 Å². The first-order valence-corrected chi connectivity index (χ1v) is 8.40. The third kappa shape index (κ3) is 2.88. The first kappa shape index (κ1) is 16.4. The topological polar surface area (TPSA) is 71.5 Å². The lowest BCUT2D eigenvalue weighted by Gasteiger charge is -2.57. The normalized spacial score (nSPS) is 34.5. The van der Waals surface area contributed by atoms with Crippen molar-refractivity contribution in [3.8, 4) is 0 Å². The summed E-state index contributed by atoms with van der Waals surface area (Å²) in [7, 11) is 0. The number of hydrogen-bond donors (Lipinski definition) is 2. The molecule has 0 unspecified atom stereocenters. The number of amides is 1. The van der Waals surface area contributed by atoms with E-state index < -0.39 is 5.60 Å². The van der Waals surface area contributed by atoms with E-state index in [9.17, 15) is 9.90 Å². The molecule has 0 radical (unpaired) electrons. The average Bonchev–Trinajstić information content (AvgIpc) is 3.34. The third-order valence-corrected chi connectivity index (χ3v) is 5.69. The summed E-state index contributed by atoms with van der Waals surface area (Å²) in [6.45, 7) is 6.89. The summed E-state index contributed by atoms with van der Waals surface area (Å²) in [4.78, 5) is 16.4. The molecule has 0 aliphatic heterocycles. The van der Waals surface area contributed by atoms with E-state index in [0.29, 0.717) is 19.6 Å². The molecule has 1 aromatic rings. The lowest BCUT2D eigenvalue weighted by atomic mass is 9.56. The standard InChI is InChI=1S/C18H26N2O3/c1-4-23-15-9-18(22,17(15,2)3)11-20-16(21)14-8-13(14)12-6-5-7-19-10-12/h5-7,10,13-15,22H,4,8-9,11H2,1-3H3,(H,20,21)/t13-,14-,15+,18-/m0/s1. The molecule has 1 aromatic heterocycles. The summed E-state index contributed by atoms with van der Waals surface area (Å²) in [6, 6.07) is 3.91. The maximum atomic E-state index is 12.3. The summed E-state index contributed by atoms with van der Waals surface area (Å²) in [5, 5.41) is 13.7. The van der Waals surface area contributed by atoms with Crippen molar-refractivity contribution in [2.45, 2.75) is 51.2 Å². The fourth-order valence-electron chi connectivity index (χ4n) is 3.57. The second-order valence-corrected chi connectivity index (χ2v) is 7.35.